The van der Waals surface area contributed by atoms with Gasteiger partial charge in [0.1, 0.15) is 5.75 Å². The van der Waals surface area contributed by atoms with Crippen LogP contribution in [0.25, 0.3) is 0 Å². The third-order valence-electron chi connectivity index (χ3n) is 2.34. The summed E-state index contributed by atoms with van der Waals surface area (Å²) in [7, 11) is 4.22. The molecule has 0 amide bonds. The van der Waals surface area contributed by atoms with E-state index in [0.717, 1.165) is 18.7 Å². The van der Waals surface area contributed by atoms with E-state index < -0.39 is 0 Å². The van der Waals surface area contributed by atoms with Crippen molar-refractivity contribution in [3.8, 4) is 5.75 Å². The molecular weight excluding hydrogens is 198 g/mol. The highest BCUT2D eigenvalue weighted by Gasteiger charge is 2.00. The SMILES string of the molecule is CC(C)Oc1cccc(CCCN(C)C)c1. The minimum atomic E-state index is 0.247. The van der Waals surface area contributed by atoms with Gasteiger partial charge in [-0.25, -0.2) is 0 Å². The van der Waals surface area contributed by atoms with Crippen molar-refractivity contribution in [1.29, 1.82) is 0 Å². The van der Waals surface area contributed by atoms with Crippen LogP contribution in [0.1, 0.15) is 25.8 Å². The van der Waals surface area contributed by atoms with Crippen LogP contribution in [0.2, 0.25) is 0 Å². The number of nitrogens with zero attached hydrogens (tertiary/aromatic N) is 1. The molecule has 0 unspecified atom stereocenters. The monoisotopic (exact) mass is 221 g/mol. The fourth-order valence-corrected chi connectivity index (χ4v) is 1.65. The first kappa shape index (κ1) is 13.0. The fraction of sp³-hybridized carbons (Fsp3) is 0.571. The molecule has 0 atom stereocenters. The van der Waals surface area contributed by atoms with Crippen LogP contribution in [0.3, 0.4) is 0 Å². The summed E-state index contributed by atoms with van der Waals surface area (Å²) in [5.41, 5.74) is 1.36. The Bertz CT molecular complexity index is 307. The molecule has 0 fully saturated rings. The van der Waals surface area contributed by atoms with Crippen LogP contribution >= 0.6 is 0 Å². The number of ether oxygens (including phenoxy) is 1. The number of rotatable bonds is 6. The van der Waals surface area contributed by atoms with E-state index >= 15 is 0 Å². The Hall–Kier alpha value is -1.02. The molecule has 0 spiro atoms. The van der Waals surface area contributed by atoms with Gasteiger partial charge in [-0.3, -0.25) is 0 Å². The Morgan fingerprint density at radius 2 is 2.00 bits per heavy atom. The van der Waals surface area contributed by atoms with Gasteiger partial charge in [0.15, 0.2) is 0 Å². The average molecular weight is 221 g/mol. The van der Waals surface area contributed by atoms with Crippen LogP contribution < -0.4 is 4.74 Å². The average Bonchev–Trinajstić information content (AvgIpc) is 2.16. The molecule has 90 valence electrons. The Labute approximate surface area is 99.2 Å². The molecule has 2 heteroatoms. The van der Waals surface area contributed by atoms with E-state index in [1.807, 2.05) is 6.07 Å². The quantitative estimate of drug-likeness (QED) is 0.732. The molecular formula is C14H23NO. The van der Waals surface area contributed by atoms with Gasteiger partial charge in [-0.2, -0.15) is 0 Å². The van der Waals surface area contributed by atoms with Crippen molar-refractivity contribution in [3.05, 3.63) is 29.8 Å². The van der Waals surface area contributed by atoms with Crippen molar-refractivity contribution in [2.24, 2.45) is 0 Å². The lowest BCUT2D eigenvalue weighted by molar-refractivity contribution is 0.242. The maximum absolute atomic E-state index is 5.67. The summed E-state index contributed by atoms with van der Waals surface area (Å²) in [6, 6.07) is 8.41. The van der Waals surface area contributed by atoms with E-state index in [1.165, 1.54) is 12.0 Å². The van der Waals surface area contributed by atoms with Gasteiger partial charge in [0, 0.05) is 0 Å². The molecule has 0 bridgehead atoms. The Balaban J connectivity index is 2.47. The first-order valence-corrected chi connectivity index (χ1v) is 5.98. The summed E-state index contributed by atoms with van der Waals surface area (Å²) in [5.74, 6) is 0.984. The standard InChI is InChI=1S/C14H23NO/c1-12(2)16-14-9-5-7-13(11-14)8-6-10-15(3)4/h5,7,9,11-12H,6,8,10H2,1-4H3. The van der Waals surface area contributed by atoms with Crippen molar-refractivity contribution in [2.75, 3.05) is 20.6 Å². The lowest BCUT2D eigenvalue weighted by Gasteiger charge is -2.12. The van der Waals surface area contributed by atoms with Crippen molar-refractivity contribution in [1.82, 2.24) is 4.90 Å². The van der Waals surface area contributed by atoms with Crippen molar-refractivity contribution in [3.63, 3.8) is 0 Å². The topological polar surface area (TPSA) is 12.5 Å². The zero-order valence-corrected chi connectivity index (χ0v) is 10.9. The zero-order chi connectivity index (χ0) is 12.0. The largest absolute Gasteiger partial charge is 0.491 e. The highest BCUT2D eigenvalue weighted by Crippen LogP contribution is 2.16. The molecule has 0 aliphatic heterocycles. The number of hydrogen-bond donors (Lipinski definition) is 0. The van der Waals surface area contributed by atoms with Gasteiger partial charge in [-0.15, -0.1) is 0 Å². The summed E-state index contributed by atoms with van der Waals surface area (Å²) in [5, 5.41) is 0. The summed E-state index contributed by atoms with van der Waals surface area (Å²) < 4.78 is 5.67. The highest BCUT2D eigenvalue weighted by atomic mass is 16.5. The van der Waals surface area contributed by atoms with E-state index in [1.54, 1.807) is 0 Å². The second-order valence-electron chi connectivity index (χ2n) is 4.72. The molecule has 2 nitrogen and oxygen atoms in total. The second-order valence-corrected chi connectivity index (χ2v) is 4.72. The first-order valence-electron chi connectivity index (χ1n) is 5.98. The van der Waals surface area contributed by atoms with Gasteiger partial charge in [0.2, 0.25) is 0 Å². The zero-order valence-electron chi connectivity index (χ0n) is 10.9. The van der Waals surface area contributed by atoms with E-state index in [-0.39, 0.29) is 6.10 Å². The van der Waals surface area contributed by atoms with Gasteiger partial charge in [-0.1, -0.05) is 12.1 Å². The van der Waals surface area contributed by atoms with Gasteiger partial charge in [-0.05, 0) is 65.0 Å². The van der Waals surface area contributed by atoms with E-state index in [0.29, 0.717) is 0 Å². The smallest absolute Gasteiger partial charge is 0.119 e. The molecule has 0 aromatic heterocycles. The second kappa shape index (κ2) is 6.54. The maximum atomic E-state index is 5.67. The molecule has 0 N–H and O–H groups in total. The summed E-state index contributed by atoms with van der Waals surface area (Å²) >= 11 is 0. The first-order chi connectivity index (χ1) is 7.58. The minimum absolute atomic E-state index is 0.247. The molecule has 0 aliphatic carbocycles. The van der Waals surface area contributed by atoms with E-state index in [9.17, 15) is 0 Å². The molecule has 0 saturated carbocycles. The summed E-state index contributed by atoms with van der Waals surface area (Å²) in [4.78, 5) is 2.22. The van der Waals surface area contributed by atoms with Gasteiger partial charge in [0.05, 0.1) is 6.10 Å². The number of aryl methyl sites for hydroxylation is 1. The molecule has 1 aromatic carbocycles. The summed E-state index contributed by atoms with van der Waals surface area (Å²) in [6.45, 7) is 5.24. The van der Waals surface area contributed by atoms with Crippen LogP contribution in [-0.2, 0) is 6.42 Å². The minimum Gasteiger partial charge on any atom is -0.491 e. The van der Waals surface area contributed by atoms with Crippen LogP contribution in [0, 0.1) is 0 Å². The van der Waals surface area contributed by atoms with Crippen LogP contribution in [0.15, 0.2) is 24.3 Å². The van der Waals surface area contributed by atoms with Gasteiger partial charge in [0.25, 0.3) is 0 Å². The van der Waals surface area contributed by atoms with Crippen LogP contribution in [-0.4, -0.2) is 31.6 Å². The predicted octanol–water partition coefficient (Wildman–Crippen LogP) is 2.97. The van der Waals surface area contributed by atoms with Gasteiger partial charge < -0.3 is 9.64 Å². The lowest BCUT2D eigenvalue weighted by atomic mass is 10.1. The normalized spacial score (nSPS) is 11.1. The lowest BCUT2D eigenvalue weighted by Crippen LogP contribution is -2.13. The highest BCUT2D eigenvalue weighted by molar-refractivity contribution is 5.28. The number of hydrogen-bond acceptors (Lipinski definition) is 2. The molecule has 0 heterocycles. The molecule has 0 radical (unpaired) electrons. The van der Waals surface area contributed by atoms with Crippen molar-refractivity contribution < 1.29 is 4.74 Å². The molecule has 0 saturated heterocycles. The maximum Gasteiger partial charge on any atom is 0.119 e. The Kier molecular flexibility index (Phi) is 5.33. The summed E-state index contributed by atoms with van der Waals surface area (Å²) in [6.07, 6.45) is 2.56. The molecule has 1 rings (SSSR count). The van der Waals surface area contributed by atoms with Crippen LogP contribution in [0.5, 0.6) is 5.75 Å². The van der Waals surface area contributed by atoms with Gasteiger partial charge >= 0.3 is 0 Å². The third kappa shape index (κ3) is 5.17. The number of benzene rings is 1. The fourth-order valence-electron chi connectivity index (χ4n) is 1.65. The molecule has 0 aliphatic rings. The predicted molar refractivity (Wildman–Crippen MR) is 69.1 cm³/mol. The third-order valence-corrected chi connectivity index (χ3v) is 2.34. The molecule has 16 heavy (non-hydrogen) atoms. The Morgan fingerprint density at radius 1 is 1.25 bits per heavy atom. The van der Waals surface area contributed by atoms with Crippen molar-refractivity contribution >= 4 is 0 Å². The molecule has 1 aromatic rings. The van der Waals surface area contributed by atoms with Crippen LogP contribution in [0.4, 0.5) is 0 Å². The van der Waals surface area contributed by atoms with Crippen molar-refractivity contribution in [2.45, 2.75) is 32.8 Å². The van der Waals surface area contributed by atoms with E-state index in [4.69, 9.17) is 4.74 Å². The van der Waals surface area contributed by atoms with E-state index in [2.05, 4.69) is 51.0 Å². The Morgan fingerprint density at radius 3 is 2.62 bits per heavy atom.